The Kier molecular flexibility index (Phi) is 7.14. The summed E-state index contributed by atoms with van der Waals surface area (Å²) in [5.74, 6) is 0. The fourth-order valence-corrected chi connectivity index (χ4v) is 4.45. The van der Waals surface area contributed by atoms with Gasteiger partial charge >= 0.3 is 0 Å². The Morgan fingerprint density at radius 1 is 1.37 bits per heavy atom. The molecule has 0 bridgehead atoms. The molecule has 0 radical (unpaired) electrons. The van der Waals surface area contributed by atoms with E-state index in [1.165, 1.54) is 11.8 Å². The van der Waals surface area contributed by atoms with Gasteiger partial charge in [-0.15, -0.1) is 0 Å². The lowest BCUT2D eigenvalue weighted by Gasteiger charge is -2.37. The van der Waals surface area contributed by atoms with Crippen molar-refractivity contribution in [2.24, 2.45) is 4.99 Å². The molecule has 0 spiro atoms. The highest BCUT2D eigenvalue weighted by Gasteiger charge is 2.26. The number of thioether (sulfide) groups is 1. The van der Waals surface area contributed by atoms with Gasteiger partial charge in [0.1, 0.15) is 0 Å². The summed E-state index contributed by atoms with van der Waals surface area (Å²) >= 11 is 1.25. The number of benzene rings is 1. The molecular weight excluding hydrogens is 384 g/mol. The summed E-state index contributed by atoms with van der Waals surface area (Å²) in [7, 11) is -3.52. The number of nitrogens with zero attached hydrogens (tertiary/aromatic N) is 3. The molecule has 2 atom stereocenters. The molecular formula is C18H26N4O3S2. The summed E-state index contributed by atoms with van der Waals surface area (Å²) < 4.78 is 31.3. The van der Waals surface area contributed by atoms with Gasteiger partial charge in [-0.2, -0.15) is 5.26 Å². The number of aliphatic imine (C=N–C) groups is 1. The van der Waals surface area contributed by atoms with Gasteiger partial charge in [0.15, 0.2) is 21.2 Å². The van der Waals surface area contributed by atoms with Crippen molar-refractivity contribution in [1.29, 1.82) is 5.26 Å². The Hall–Kier alpha value is -1.76. The first-order valence-corrected chi connectivity index (χ1v) is 11.5. The molecule has 9 heteroatoms. The quantitative estimate of drug-likeness (QED) is 0.353. The predicted octanol–water partition coefficient (Wildman–Crippen LogP) is 2.90. The Balaban J connectivity index is 2.55. The largest absolute Gasteiger partial charge is 0.372 e. The maximum Gasteiger partial charge on any atom is 0.183 e. The first-order chi connectivity index (χ1) is 12.7. The lowest BCUT2D eigenvalue weighted by molar-refractivity contribution is -0.00521. The van der Waals surface area contributed by atoms with E-state index in [-0.39, 0.29) is 17.1 Å². The first-order valence-electron chi connectivity index (χ1n) is 8.75. The van der Waals surface area contributed by atoms with Crippen LogP contribution in [0.15, 0.2) is 28.1 Å². The zero-order chi connectivity index (χ0) is 20.2. The molecule has 1 N–H and O–H groups in total. The van der Waals surface area contributed by atoms with Crippen molar-refractivity contribution in [3.63, 3.8) is 0 Å². The van der Waals surface area contributed by atoms with Crippen LogP contribution in [0.5, 0.6) is 0 Å². The maximum atomic E-state index is 12.8. The molecule has 1 aliphatic heterocycles. The highest BCUT2D eigenvalue weighted by atomic mass is 32.2. The Labute approximate surface area is 165 Å². The van der Waals surface area contributed by atoms with Crippen LogP contribution < -0.4 is 10.2 Å². The molecule has 148 valence electrons. The van der Waals surface area contributed by atoms with E-state index < -0.39 is 15.1 Å². The van der Waals surface area contributed by atoms with Crippen molar-refractivity contribution in [3.05, 3.63) is 18.2 Å². The van der Waals surface area contributed by atoms with E-state index in [4.69, 9.17) is 10.00 Å². The summed E-state index contributed by atoms with van der Waals surface area (Å²) in [5, 5.41) is 11.2. The molecule has 0 aliphatic carbocycles. The van der Waals surface area contributed by atoms with Gasteiger partial charge in [0, 0.05) is 18.8 Å². The Morgan fingerprint density at radius 2 is 2.00 bits per heavy atom. The van der Waals surface area contributed by atoms with Crippen molar-refractivity contribution < 1.29 is 13.2 Å². The molecule has 7 nitrogen and oxygen atoms in total. The fourth-order valence-electron chi connectivity index (χ4n) is 2.95. The second-order valence-corrected chi connectivity index (χ2v) is 10.0. The van der Waals surface area contributed by atoms with E-state index in [9.17, 15) is 8.42 Å². The summed E-state index contributed by atoms with van der Waals surface area (Å²) in [4.78, 5) is 6.75. The third-order valence-corrected chi connectivity index (χ3v) is 7.01. The number of morpholine rings is 1. The zero-order valence-electron chi connectivity index (χ0n) is 16.3. The number of amidine groups is 1. The molecule has 0 aromatic heterocycles. The van der Waals surface area contributed by atoms with Crippen LogP contribution in [-0.2, 0) is 14.6 Å². The molecule has 0 saturated carbocycles. The number of hydrogen-bond donors (Lipinski definition) is 1. The van der Waals surface area contributed by atoms with Crippen molar-refractivity contribution >= 4 is 38.1 Å². The van der Waals surface area contributed by atoms with E-state index in [0.717, 1.165) is 18.8 Å². The molecule has 1 aliphatic rings. The van der Waals surface area contributed by atoms with Gasteiger partial charge in [0.05, 0.1) is 28.0 Å². The molecule has 1 aromatic rings. The highest BCUT2D eigenvalue weighted by Crippen LogP contribution is 2.33. The van der Waals surface area contributed by atoms with Gasteiger partial charge in [0.25, 0.3) is 0 Å². The van der Waals surface area contributed by atoms with Gasteiger partial charge in [-0.3, -0.25) is 5.32 Å². The average Bonchev–Trinajstić information content (AvgIpc) is 2.60. The van der Waals surface area contributed by atoms with Crippen molar-refractivity contribution in [3.8, 4) is 6.19 Å². The van der Waals surface area contributed by atoms with E-state index in [0.29, 0.717) is 10.9 Å². The van der Waals surface area contributed by atoms with Crippen LogP contribution in [0.1, 0.15) is 27.7 Å². The number of ether oxygens (including phenoxy) is 1. The molecule has 1 aromatic carbocycles. The van der Waals surface area contributed by atoms with Gasteiger partial charge in [-0.1, -0.05) is 11.8 Å². The van der Waals surface area contributed by atoms with Crippen LogP contribution in [0, 0.1) is 11.5 Å². The highest BCUT2D eigenvalue weighted by molar-refractivity contribution is 8.13. The number of hydrogen-bond acceptors (Lipinski definition) is 7. The molecule has 0 amide bonds. The molecule has 1 saturated heterocycles. The topological polar surface area (TPSA) is 94.8 Å². The summed E-state index contributed by atoms with van der Waals surface area (Å²) in [6.45, 7) is 8.76. The lowest BCUT2D eigenvalue weighted by atomic mass is 10.2. The van der Waals surface area contributed by atoms with E-state index in [1.54, 1.807) is 32.2 Å². The van der Waals surface area contributed by atoms with E-state index in [1.807, 2.05) is 26.1 Å². The number of nitriles is 1. The summed E-state index contributed by atoms with van der Waals surface area (Å²) in [6.07, 6.45) is 3.77. The molecule has 2 rings (SSSR count). The minimum Gasteiger partial charge on any atom is -0.372 e. The predicted molar refractivity (Wildman–Crippen MR) is 110 cm³/mol. The van der Waals surface area contributed by atoms with Crippen LogP contribution in [0.25, 0.3) is 0 Å². The van der Waals surface area contributed by atoms with Crippen LogP contribution in [0.3, 0.4) is 0 Å². The number of sulfone groups is 1. The van der Waals surface area contributed by atoms with Gasteiger partial charge in [0.2, 0.25) is 0 Å². The fraction of sp³-hybridized carbons (Fsp3) is 0.556. The monoisotopic (exact) mass is 410 g/mol. The van der Waals surface area contributed by atoms with Crippen LogP contribution in [0.2, 0.25) is 0 Å². The number of nitrogens with one attached hydrogen (secondary N) is 1. The number of rotatable bonds is 4. The second kappa shape index (κ2) is 8.95. The number of anilines is 1. The van der Waals surface area contributed by atoms with E-state index in [2.05, 4.69) is 15.2 Å². The normalized spacial score (nSPS) is 21.2. The van der Waals surface area contributed by atoms with Crippen LogP contribution in [-0.4, -0.2) is 50.4 Å². The third kappa shape index (κ3) is 5.15. The Morgan fingerprint density at radius 3 is 2.52 bits per heavy atom. The van der Waals surface area contributed by atoms with Gasteiger partial charge < -0.3 is 9.64 Å². The first kappa shape index (κ1) is 21.5. The summed E-state index contributed by atoms with van der Waals surface area (Å²) in [5.41, 5.74) is 1.22. The molecule has 2 unspecified atom stereocenters. The second-order valence-electron chi connectivity index (χ2n) is 6.77. The SMILES string of the molecule is CSC(=Nc1cc(N2CC(C)OC(C)C2)ccc1S(=O)(=O)C(C)C)NC#N. The van der Waals surface area contributed by atoms with Gasteiger partial charge in [-0.05, 0) is 52.1 Å². The van der Waals surface area contributed by atoms with E-state index >= 15 is 0 Å². The standard InChI is InChI=1S/C18H26N4O3S2/c1-12(2)27(23,24)17-7-6-15(22-9-13(3)25-14(4)10-22)8-16(17)21-18(26-5)20-11-19/h6-8,12-14H,9-10H2,1-5H3,(H,20,21). The minimum atomic E-state index is -3.52. The van der Waals surface area contributed by atoms with Crippen LogP contribution >= 0.6 is 11.8 Å². The molecule has 1 heterocycles. The van der Waals surface area contributed by atoms with Crippen molar-refractivity contribution in [1.82, 2.24) is 5.32 Å². The molecule has 27 heavy (non-hydrogen) atoms. The van der Waals surface area contributed by atoms with Crippen LogP contribution in [0.4, 0.5) is 11.4 Å². The summed E-state index contributed by atoms with van der Waals surface area (Å²) in [6, 6.07) is 5.20. The van der Waals surface area contributed by atoms with Gasteiger partial charge in [-0.25, -0.2) is 13.4 Å². The smallest absolute Gasteiger partial charge is 0.183 e. The molecule has 1 fully saturated rings. The lowest BCUT2D eigenvalue weighted by Crippen LogP contribution is -2.45. The minimum absolute atomic E-state index is 0.0850. The zero-order valence-corrected chi connectivity index (χ0v) is 17.9. The third-order valence-electron chi connectivity index (χ3n) is 4.23. The van der Waals surface area contributed by atoms with Crippen molar-refractivity contribution in [2.45, 2.75) is 50.0 Å². The Bertz CT molecular complexity index is 837. The maximum absolute atomic E-state index is 12.8. The van der Waals surface area contributed by atoms with Crippen molar-refractivity contribution in [2.75, 3.05) is 24.2 Å². The average molecular weight is 411 g/mol.